The van der Waals surface area contributed by atoms with Gasteiger partial charge in [-0.25, -0.2) is 22.7 Å². The van der Waals surface area contributed by atoms with E-state index in [2.05, 4.69) is 32.4 Å². The fourth-order valence-electron chi connectivity index (χ4n) is 5.33. The first-order valence-electron chi connectivity index (χ1n) is 11.5. The molecule has 0 radical (unpaired) electrons. The lowest BCUT2D eigenvalue weighted by Crippen LogP contribution is -2.45. The molecule has 6 rings (SSSR count). The number of ether oxygens (including phenoxy) is 1. The number of alkyl halides is 2. The van der Waals surface area contributed by atoms with Gasteiger partial charge in [-0.2, -0.15) is 0 Å². The number of hydrogen-bond donors (Lipinski definition) is 1. The Morgan fingerprint density at radius 1 is 1.06 bits per heavy atom. The van der Waals surface area contributed by atoms with Gasteiger partial charge in [0.25, 0.3) is 6.43 Å². The van der Waals surface area contributed by atoms with Crippen LogP contribution in [0.1, 0.15) is 43.4 Å². The summed E-state index contributed by atoms with van der Waals surface area (Å²) >= 11 is 0. The van der Waals surface area contributed by atoms with Crippen molar-refractivity contribution in [2.24, 2.45) is 0 Å². The summed E-state index contributed by atoms with van der Waals surface area (Å²) < 4.78 is 48.7. The maximum Gasteiger partial charge on any atom is 0.266 e. The lowest BCUT2D eigenvalue weighted by Gasteiger charge is -2.36. The van der Waals surface area contributed by atoms with Crippen LogP contribution in [0.3, 0.4) is 0 Å². The topological polar surface area (TPSA) is 54.7 Å². The molecule has 0 spiro atoms. The minimum absolute atomic E-state index is 0.167. The summed E-state index contributed by atoms with van der Waals surface area (Å²) in [5.41, 5.74) is 1.37. The van der Waals surface area contributed by atoms with Gasteiger partial charge >= 0.3 is 0 Å². The zero-order valence-electron chi connectivity index (χ0n) is 18.6. The summed E-state index contributed by atoms with van der Waals surface area (Å²) in [4.78, 5) is 6.88. The van der Waals surface area contributed by atoms with E-state index in [1.165, 1.54) is 12.1 Å². The van der Waals surface area contributed by atoms with Gasteiger partial charge in [-0.1, -0.05) is 18.2 Å². The van der Waals surface area contributed by atoms with Crippen LogP contribution in [0.2, 0.25) is 0 Å². The highest BCUT2D eigenvalue weighted by molar-refractivity contribution is 6.01. The van der Waals surface area contributed by atoms with Crippen molar-refractivity contribution < 1.29 is 17.9 Å². The number of benzene rings is 2. The highest BCUT2D eigenvalue weighted by Crippen LogP contribution is 2.38. The third-order valence-electron chi connectivity index (χ3n) is 6.98. The molecule has 3 atom stereocenters. The second-order valence-electron chi connectivity index (χ2n) is 9.02. The number of morpholine rings is 1. The Morgan fingerprint density at radius 3 is 2.59 bits per heavy atom. The summed E-state index contributed by atoms with van der Waals surface area (Å²) in [6, 6.07) is 10.4. The van der Waals surface area contributed by atoms with Gasteiger partial charge in [0.05, 0.1) is 36.9 Å². The number of imidazole rings is 1. The Balaban J connectivity index is 1.44. The molecule has 4 heterocycles. The average Bonchev–Trinajstić information content (AvgIpc) is 3.40. The molecular weight excluding hydrogens is 443 g/mol. The minimum atomic E-state index is -2.88. The van der Waals surface area contributed by atoms with Crippen molar-refractivity contribution in [3.05, 3.63) is 65.7 Å². The molecule has 9 heteroatoms. The molecule has 2 fully saturated rings. The van der Waals surface area contributed by atoms with Crippen LogP contribution in [-0.2, 0) is 4.74 Å². The number of halogens is 3. The Bertz CT molecular complexity index is 1360. The summed E-state index contributed by atoms with van der Waals surface area (Å²) in [6.07, 6.45) is 2.75. The fourth-order valence-corrected chi connectivity index (χ4v) is 5.33. The normalized spacial score (nSPS) is 21.0. The summed E-state index contributed by atoms with van der Waals surface area (Å²) in [5.74, 6) is -0.353. The van der Waals surface area contributed by atoms with Gasteiger partial charge in [0.2, 0.25) is 0 Å². The van der Waals surface area contributed by atoms with Gasteiger partial charge in [0, 0.05) is 34.4 Å². The number of nitrogens with one attached hydrogen (secondary N) is 1. The molecule has 4 aromatic rings. The number of fused-ring (bicyclic) bond motifs is 5. The second kappa shape index (κ2) is 8.16. The van der Waals surface area contributed by atoms with Crippen LogP contribution in [0, 0.1) is 5.82 Å². The van der Waals surface area contributed by atoms with E-state index in [0.29, 0.717) is 31.1 Å². The molecule has 0 saturated carbocycles. The van der Waals surface area contributed by atoms with Crippen molar-refractivity contribution in [1.82, 2.24) is 14.6 Å². The highest BCUT2D eigenvalue weighted by Gasteiger charge is 2.37. The maximum absolute atomic E-state index is 14.8. The van der Waals surface area contributed by atoms with Gasteiger partial charge in [-0.3, -0.25) is 0 Å². The zero-order chi connectivity index (χ0) is 23.4. The van der Waals surface area contributed by atoms with Crippen molar-refractivity contribution in [2.75, 3.05) is 23.4 Å². The molecule has 6 nitrogen and oxygen atoms in total. The SMILES string of the molecule is CC(Nc1nn2ccnc2c2ccc(N3C4CCC3COC4)cc12)c1cccc(C(F)F)c1F. The molecule has 2 aromatic heterocycles. The first-order valence-corrected chi connectivity index (χ1v) is 11.5. The largest absolute Gasteiger partial charge is 0.377 e. The number of anilines is 2. The first kappa shape index (κ1) is 21.2. The van der Waals surface area contributed by atoms with Crippen LogP contribution < -0.4 is 10.2 Å². The molecule has 3 unspecified atom stereocenters. The van der Waals surface area contributed by atoms with E-state index in [9.17, 15) is 13.2 Å². The second-order valence-corrected chi connectivity index (χ2v) is 9.02. The minimum Gasteiger partial charge on any atom is -0.377 e. The van der Waals surface area contributed by atoms with Crippen molar-refractivity contribution in [1.29, 1.82) is 0 Å². The van der Waals surface area contributed by atoms with Gasteiger partial charge in [-0.15, -0.1) is 5.10 Å². The van der Waals surface area contributed by atoms with E-state index in [0.717, 1.165) is 41.0 Å². The van der Waals surface area contributed by atoms with Crippen LogP contribution in [0.25, 0.3) is 16.4 Å². The molecule has 2 aromatic carbocycles. The number of rotatable bonds is 5. The smallest absolute Gasteiger partial charge is 0.266 e. The number of hydrogen-bond acceptors (Lipinski definition) is 5. The molecule has 2 bridgehead atoms. The zero-order valence-corrected chi connectivity index (χ0v) is 18.6. The van der Waals surface area contributed by atoms with E-state index >= 15 is 0 Å². The number of aromatic nitrogens is 3. The third kappa shape index (κ3) is 3.37. The predicted molar refractivity (Wildman–Crippen MR) is 124 cm³/mol. The van der Waals surface area contributed by atoms with Crippen LogP contribution >= 0.6 is 0 Å². The molecule has 1 N–H and O–H groups in total. The predicted octanol–water partition coefficient (Wildman–Crippen LogP) is 5.50. The van der Waals surface area contributed by atoms with E-state index < -0.39 is 23.8 Å². The number of nitrogens with zero attached hydrogens (tertiary/aromatic N) is 4. The maximum atomic E-state index is 14.8. The van der Waals surface area contributed by atoms with Gasteiger partial charge in [0.1, 0.15) is 5.82 Å². The van der Waals surface area contributed by atoms with Crippen LogP contribution in [-0.4, -0.2) is 39.9 Å². The van der Waals surface area contributed by atoms with Crippen molar-refractivity contribution >= 4 is 27.9 Å². The summed E-state index contributed by atoms with van der Waals surface area (Å²) in [7, 11) is 0. The lowest BCUT2D eigenvalue weighted by molar-refractivity contribution is 0.0907. The Hall–Kier alpha value is -3.33. The summed E-state index contributed by atoms with van der Waals surface area (Å²) in [6.45, 7) is 3.17. The molecule has 2 saturated heterocycles. The molecule has 176 valence electrons. The molecule has 0 amide bonds. The third-order valence-corrected chi connectivity index (χ3v) is 6.98. The first-order chi connectivity index (χ1) is 16.5. The molecular formula is C25H24F3N5O. The molecule has 2 aliphatic rings. The highest BCUT2D eigenvalue weighted by atomic mass is 19.3. The van der Waals surface area contributed by atoms with Crippen LogP contribution in [0.5, 0.6) is 0 Å². The van der Waals surface area contributed by atoms with E-state index in [1.54, 1.807) is 23.8 Å². The monoisotopic (exact) mass is 467 g/mol. The van der Waals surface area contributed by atoms with Gasteiger partial charge < -0.3 is 15.0 Å². The lowest BCUT2D eigenvalue weighted by atomic mass is 10.0. The average molecular weight is 467 g/mol. The Kier molecular flexibility index (Phi) is 5.09. The van der Waals surface area contributed by atoms with Crippen molar-refractivity contribution in [3.8, 4) is 0 Å². The van der Waals surface area contributed by atoms with E-state index in [1.807, 2.05) is 6.07 Å². The van der Waals surface area contributed by atoms with Crippen molar-refractivity contribution in [2.45, 2.75) is 44.3 Å². The Morgan fingerprint density at radius 2 is 1.82 bits per heavy atom. The fraction of sp³-hybridized carbons (Fsp3) is 0.360. The Labute approximate surface area is 194 Å². The van der Waals surface area contributed by atoms with Crippen LogP contribution in [0.4, 0.5) is 24.7 Å². The quantitative estimate of drug-likeness (QED) is 0.420. The van der Waals surface area contributed by atoms with Crippen LogP contribution in [0.15, 0.2) is 48.8 Å². The van der Waals surface area contributed by atoms with Crippen molar-refractivity contribution in [3.63, 3.8) is 0 Å². The van der Waals surface area contributed by atoms with E-state index in [4.69, 9.17) is 4.74 Å². The summed E-state index contributed by atoms with van der Waals surface area (Å²) in [5, 5.41) is 9.71. The van der Waals surface area contributed by atoms with Gasteiger partial charge in [0.15, 0.2) is 11.5 Å². The molecule has 2 aliphatic heterocycles. The van der Waals surface area contributed by atoms with Gasteiger partial charge in [-0.05, 0) is 38.0 Å². The molecule has 0 aliphatic carbocycles. The van der Waals surface area contributed by atoms with E-state index in [-0.39, 0.29) is 5.56 Å². The standard InChI is InChI=1S/C25H24F3N5O/c1-14(18-3-2-4-20(22(18)26)23(27)28)30-24-21-11-15(33-16-5-6-17(33)13-34-12-16)7-8-19(21)25-29-9-10-32(25)31-24/h2-4,7-11,14,16-17,23H,5-6,12-13H2,1H3,(H,30,31). The molecule has 34 heavy (non-hydrogen) atoms.